The summed E-state index contributed by atoms with van der Waals surface area (Å²) in [4.78, 5) is 6.76. The molecule has 7 heteroatoms. The van der Waals surface area contributed by atoms with Crippen LogP contribution in [0.4, 0.5) is 0 Å². The van der Waals surface area contributed by atoms with Gasteiger partial charge in [0.15, 0.2) is 0 Å². The second kappa shape index (κ2) is 7.20. The van der Waals surface area contributed by atoms with Crippen molar-refractivity contribution in [3.8, 4) is 5.75 Å². The van der Waals surface area contributed by atoms with Crippen molar-refractivity contribution < 1.29 is 4.74 Å². The van der Waals surface area contributed by atoms with Crippen molar-refractivity contribution in [2.45, 2.75) is 16.6 Å². The molecule has 1 fully saturated rings. The molecule has 0 spiro atoms. The number of pyridine rings is 1. The molecule has 2 aromatic rings. The Bertz CT molecular complexity index is 696. The minimum Gasteiger partial charge on any atom is -0.491 e. The molecule has 1 aliphatic heterocycles. The fraction of sp³-hybridized carbons (Fsp3) is 0.438. The number of fused-ring (bicyclic) bond motifs is 1. The van der Waals surface area contributed by atoms with Crippen LogP contribution in [-0.4, -0.2) is 36.1 Å². The summed E-state index contributed by atoms with van der Waals surface area (Å²) in [5.74, 6) is 0.637. The maximum atomic E-state index is 6.23. The molecule has 3 rings (SSSR count). The van der Waals surface area contributed by atoms with E-state index in [1.807, 2.05) is 12.1 Å². The highest BCUT2D eigenvalue weighted by molar-refractivity contribution is 6.66. The zero-order valence-electron chi connectivity index (χ0n) is 12.4. The van der Waals surface area contributed by atoms with Crippen LogP contribution in [-0.2, 0) is 3.79 Å². The SMILES string of the molecule is Clc1cccc2c(OCCN3CCCC3)cc(C(Cl)(Cl)Cl)nc12. The van der Waals surface area contributed by atoms with Crippen molar-refractivity contribution >= 4 is 57.3 Å². The second-order valence-electron chi connectivity index (χ2n) is 5.54. The van der Waals surface area contributed by atoms with Gasteiger partial charge in [-0.25, -0.2) is 4.98 Å². The van der Waals surface area contributed by atoms with Crippen molar-refractivity contribution in [2.75, 3.05) is 26.2 Å². The Morgan fingerprint density at radius 1 is 1.17 bits per heavy atom. The summed E-state index contributed by atoms with van der Waals surface area (Å²) in [6, 6.07) is 7.19. The molecule has 0 radical (unpaired) electrons. The third-order valence-electron chi connectivity index (χ3n) is 3.91. The molecule has 0 atom stereocenters. The Labute approximate surface area is 155 Å². The molecule has 0 unspecified atom stereocenters. The summed E-state index contributed by atoms with van der Waals surface area (Å²) in [7, 11) is 0. The molecular formula is C16H16Cl4N2O. The van der Waals surface area contributed by atoms with Gasteiger partial charge in [-0.05, 0) is 38.1 Å². The number of hydrogen-bond donors (Lipinski definition) is 0. The number of para-hydroxylation sites is 1. The Balaban J connectivity index is 1.88. The van der Waals surface area contributed by atoms with Crippen LogP contribution in [0, 0.1) is 0 Å². The molecule has 1 aliphatic rings. The van der Waals surface area contributed by atoms with Gasteiger partial charge < -0.3 is 4.74 Å². The molecule has 0 amide bonds. The predicted molar refractivity (Wildman–Crippen MR) is 97.2 cm³/mol. The molecule has 0 saturated carbocycles. The highest BCUT2D eigenvalue weighted by Crippen LogP contribution is 2.41. The van der Waals surface area contributed by atoms with Gasteiger partial charge in [0.1, 0.15) is 12.4 Å². The monoisotopic (exact) mass is 392 g/mol. The number of alkyl halides is 3. The highest BCUT2D eigenvalue weighted by Gasteiger charge is 2.27. The topological polar surface area (TPSA) is 25.4 Å². The average molecular weight is 394 g/mol. The van der Waals surface area contributed by atoms with E-state index in [0.717, 1.165) is 25.0 Å². The van der Waals surface area contributed by atoms with Crippen LogP contribution in [0.3, 0.4) is 0 Å². The van der Waals surface area contributed by atoms with Crippen LogP contribution in [0.15, 0.2) is 24.3 Å². The van der Waals surface area contributed by atoms with Crippen molar-refractivity contribution in [3.05, 3.63) is 35.0 Å². The van der Waals surface area contributed by atoms with Gasteiger partial charge in [-0.15, -0.1) is 0 Å². The van der Waals surface area contributed by atoms with E-state index >= 15 is 0 Å². The Morgan fingerprint density at radius 2 is 1.91 bits per heavy atom. The van der Waals surface area contributed by atoms with E-state index in [1.165, 1.54) is 12.8 Å². The lowest BCUT2D eigenvalue weighted by molar-refractivity contribution is 0.239. The van der Waals surface area contributed by atoms with Crippen LogP contribution in [0.1, 0.15) is 18.5 Å². The standard InChI is InChI=1S/C16H16Cl4N2O/c17-12-5-3-4-11-13(23-9-8-22-6-1-2-7-22)10-14(16(18,19)20)21-15(11)12/h3-5,10H,1-2,6-9H2. The Hall–Kier alpha value is -0.450. The van der Waals surface area contributed by atoms with Gasteiger partial charge in [0.25, 0.3) is 0 Å². The number of benzene rings is 1. The van der Waals surface area contributed by atoms with E-state index in [-0.39, 0.29) is 0 Å². The van der Waals surface area contributed by atoms with Gasteiger partial charge in [0, 0.05) is 18.0 Å². The third kappa shape index (κ3) is 4.15. The number of hydrogen-bond acceptors (Lipinski definition) is 3. The Morgan fingerprint density at radius 3 is 2.61 bits per heavy atom. The summed E-state index contributed by atoms with van der Waals surface area (Å²) in [5, 5.41) is 1.32. The van der Waals surface area contributed by atoms with E-state index in [0.29, 0.717) is 28.6 Å². The first-order chi connectivity index (χ1) is 10.9. The smallest absolute Gasteiger partial charge is 0.232 e. The van der Waals surface area contributed by atoms with Crippen LogP contribution >= 0.6 is 46.4 Å². The van der Waals surface area contributed by atoms with Gasteiger partial charge in [-0.3, -0.25) is 4.90 Å². The van der Waals surface area contributed by atoms with Gasteiger partial charge >= 0.3 is 0 Å². The van der Waals surface area contributed by atoms with Crippen molar-refractivity contribution in [2.24, 2.45) is 0 Å². The molecular weight excluding hydrogens is 378 g/mol. The van der Waals surface area contributed by atoms with Crippen molar-refractivity contribution in [1.29, 1.82) is 0 Å². The van der Waals surface area contributed by atoms with Gasteiger partial charge in [-0.2, -0.15) is 0 Å². The summed E-state index contributed by atoms with van der Waals surface area (Å²) < 4.78 is 4.33. The first-order valence-corrected chi connectivity index (χ1v) is 8.98. The van der Waals surface area contributed by atoms with Crippen LogP contribution in [0.2, 0.25) is 5.02 Å². The third-order valence-corrected chi connectivity index (χ3v) is 4.79. The molecule has 3 nitrogen and oxygen atoms in total. The lowest BCUT2D eigenvalue weighted by atomic mass is 10.2. The van der Waals surface area contributed by atoms with Gasteiger partial charge in [0.05, 0.1) is 16.2 Å². The molecule has 0 aliphatic carbocycles. The number of rotatable bonds is 4. The Kier molecular flexibility index (Phi) is 5.44. The summed E-state index contributed by atoms with van der Waals surface area (Å²) in [6.07, 6.45) is 2.51. The number of nitrogens with zero attached hydrogens (tertiary/aromatic N) is 2. The van der Waals surface area contributed by atoms with E-state index in [9.17, 15) is 0 Å². The summed E-state index contributed by atoms with van der Waals surface area (Å²) >= 11 is 24.2. The molecule has 1 aromatic carbocycles. The normalized spacial score (nSPS) is 16.2. The molecule has 0 bridgehead atoms. The molecule has 1 saturated heterocycles. The largest absolute Gasteiger partial charge is 0.491 e. The van der Waals surface area contributed by atoms with Crippen LogP contribution < -0.4 is 4.74 Å². The predicted octanol–water partition coefficient (Wildman–Crippen LogP) is 5.19. The minimum atomic E-state index is -1.62. The molecule has 0 N–H and O–H groups in total. The minimum absolute atomic E-state index is 0.305. The summed E-state index contributed by atoms with van der Waals surface area (Å²) in [6.45, 7) is 3.72. The zero-order valence-corrected chi connectivity index (χ0v) is 15.4. The fourth-order valence-electron chi connectivity index (χ4n) is 2.74. The maximum absolute atomic E-state index is 6.23. The van der Waals surface area contributed by atoms with Crippen molar-refractivity contribution in [1.82, 2.24) is 9.88 Å². The lowest BCUT2D eigenvalue weighted by Gasteiger charge is -2.18. The second-order valence-corrected chi connectivity index (χ2v) is 8.23. The molecule has 23 heavy (non-hydrogen) atoms. The van der Waals surface area contributed by atoms with Crippen molar-refractivity contribution in [3.63, 3.8) is 0 Å². The highest BCUT2D eigenvalue weighted by atomic mass is 35.6. The van der Waals surface area contributed by atoms with E-state index < -0.39 is 3.79 Å². The molecule has 2 heterocycles. The number of likely N-dealkylation sites (tertiary alicyclic amines) is 1. The summed E-state index contributed by atoms with van der Waals surface area (Å²) in [5.41, 5.74) is 0.883. The fourth-order valence-corrected chi connectivity index (χ4v) is 3.25. The number of ether oxygens (including phenoxy) is 1. The molecule has 1 aromatic heterocycles. The van der Waals surface area contributed by atoms with Gasteiger partial charge in [-0.1, -0.05) is 52.5 Å². The van der Waals surface area contributed by atoms with E-state index in [2.05, 4.69) is 9.88 Å². The number of halogens is 4. The average Bonchev–Trinajstić information content (AvgIpc) is 3.00. The first-order valence-electron chi connectivity index (χ1n) is 7.47. The van der Waals surface area contributed by atoms with E-state index in [4.69, 9.17) is 51.1 Å². The van der Waals surface area contributed by atoms with Crippen LogP contribution in [0.5, 0.6) is 5.75 Å². The van der Waals surface area contributed by atoms with Crippen LogP contribution in [0.25, 0.3) is 10.9 Å². The quantitative estimate of drug-likeness (QED) is 0.668. The maximum Gasteiger partial charge on any atom is 0.232 e. The van der Waals surface area contributed by atoms with Gasteiger partial charge in [0.2, 0.25) is 3.79 Å². The first kappa shape index (κ1) is 17.4. The van der Waals surface area contributed by atoms with E-state index in [1.54, 1.807) is 12.1 Å². The number of aromatic nitrogens is 1. The lowest BCUT2D eigenvalue weighted by Crippen LogP contribution is -2.25. The zero-order chi connectivity index (χ0) is 16.4. The molecule has 124 valence electrons.